The van der Waals surface area contributed by atoms with Gasteiger partial charge in [0.2, 0.25) is 0 Å². The summed E-state index contributed by atoms with van der Waals surface area (Å²) in [7, 11) is 2.07. The Hall–Kier alpha value is -2.63. The number of aromatic amines is 1. The van der Waals surface area contributed by atoms with Crippen molar-refractivity contribution >= 4 is 5.96 Å². The molecular formula is C18H26N6. The van der Waals surface area contributed by atoms with Gasteiger partial charge in [-0.15, -0.1) is 6.58 Å². The Morgan fingerprint density at radius 1 is 1.46 bits per heavy atom. The second kappa shape index (κ2) is 9.50. The summed E-state index contributed by atoms with van der Waals surface area (Å²) in [4.78, 5) is 11.1. The summed E-state index contributed by atoms with van der Waals surface area (Å²) in [6.45, 7) is 8.27. The number of aliphatic imine (C=N–C) groups is 1. The number of H-pyrrole nitrogens is 1. The van der Waals surface area contributed by atoms with Gasteiger partial charge in [-0.25, -0.2) is 9.98 Å². The van der Waals surface area contributed by atoms with E-state index in [2.05, 4.69) is 58.1 Å². The normalized spacial score (nSPS) is 11.3. The van der Waals surface area contributed by atoms with Gasteiger partial charge in [0.1, 0.15) is 6.33 Å². The van der Waals surface area contributed by atoms with E-state index in [1.807, 2.05) is 18.2 Å². The number of unbranched alkanes of at least 4 members (excludes halogenated alkanes) is 1. The number of hydrogen-bond acceptors (Lipinski definition) is 3. The Labute approximate surface area is 143 Å². The fourth-order valence-electron chi connectivity index (χ4n) is 2.38. The first-order chi connectivity index (χ1) is 11.7. The minimum absolute atomic E-state index is 0.621. The van der Waals surface area contributed by atoms with Crippen LogP contribution in [0.3, 0.4) is 0 Å². The average molecular weight is 326 g/mol. The van der Waals surface area contributed by atoms with Crippen molar-refractivity contribution < 1.29 is 0 Å². The number of guanidine groups is 1. The van der Waals surface area contributed by atoms with Gasteiger partial charge < -0.3 is 10.2 Å². The van der Waals surface area contributed by atoms with Crippen LogP contribution in [0.5, 0.6) is 0 Å². The van der Waals surface area contributed by atoms with E-state index in [9.17, 15) is 0 Å². The molecule has 0 fully saturated rings. The third-order valence-electron chi connectivity index (χ3n) is 3.63. The van der Waals surface area contributed by atoms with Crippen molar-refractivity contribution in [2.24, 2.45) is 4.99 Å². The summed E-state index contributed by atoms with van der Waals surface area (Å²) in [6, 6.07) is 8.19. The van der Waals surface area contributed by atoms with Crippen molar-refractivity contribution in [2.75, 3.05) is 20.1 Å². The van der Waals surface area contributed by atoms with E-state index < -0.39 is 0 Å². The van der Waals surface area contributed by atoms with Crippen molar-refractivity contribution in [1.29, 1.82) is 0 Å². The molecule has 0 saturated carbocycles. The minimum Gasteiger partial charge on any atom is -0.357 e. The van der Waals surface area contributed by atoms with Gasteiger partial charge >= 0.3 is 0 Å². The SMILES string of the molecule is C=CCCCN(C)C(=NCc1cccc(-c2ncn[nH]2)c1)NCC. The molecule has 2 rings (SSSR count). The van der Waals surface area contributed by atoms with Crippen molar-refractivity contribution in [3.63, 3.8) is 0 Å². The lowest BCUT2D eigenvalue weighted by Crippen LogP contribution is -2.39. The molecule has 6 heteroatoms. The number of rotatable bonds is 8. The fraction of sp³-hybridized carbons (Fsp3) is 0.389. The summed E-state index contributed by atoms with van der Waals surface area (Å²) in [5.41, 5.74) is 2.16. The van der Waals surface area contributed by atoms with Crippen LogP contribution >= 0.6 is 0 Å². The summed E-state index contributed by atoms with van der Waals surface area (Å²) in [5.74, 6) is 1.70. The van der Waals surface area contributed by atoms with E-state index in [0.29, 0.717) is 6.54 Å². The number of hydrogen-bond donors (Lipinski definition) is 2. The van der Waals surface area contributed by atoms with Crippen molar-refractivity contribution in [3.8, 4) is 11.4 Å². The molecule has 1 aromatic carbocycles. The molecule has 0 amide bonds. The number of nitrogens with one attached hydrogen (secondary N) is 2. The lowest BCUT2D eigenvalue weighted by molar-refractivity contribution is 0.470. The third kappa shape index (κ3) is 5.22. The Bertz CT molecular complexity index is 647. The van der Waals surface area contributed by atoms with Crippen LogP contribution in [-0.2, 0) is 6.54 Å². The van der Waals surface area contributed by atoms with E-state index >= 15 is 0 Å². The Morgan fingerprint density at radius 3 is 3.04 bits per heavy atom. The number of benzene rings is 1. The number of allylic oxidation sites excluding steroid dienone is 1. The highest BCUT2D eigenvalue weighted by molar-refractivity contribution is 5.79. The second-order valence-corrected chi connectivity index (χ2v) is 5.56. The fourth-order valence-corrected chi connectivity index (χ4v) is 2.38. The van der Waals surface area contributed by atoms with Crippen molar-refractivity contribution in [3.05, 3.63) is 48.8 Å². The third-order valence-corrected chi connectivity index (χ3v) is 3.63. The van der Waals surface area contributed by atoms with Gasteiger partial charge in [0, 0.05) is 25.7 Å². The van der Waals surface area contributed by atoms with Crippen LogP contribution in [0.25, 0.3) is 11.4 Å². The monoisotopic (exact) mass is 326 g/mol. The second-order valence-electron chi connectivity index (χ2n) is 5.56. The molecule has 0 aliphatic rings. The van der Waals surface area contributed by atoms with Gasteiger partial charge in [0.15, 0.2) is 11.8 Å². The molecule has 0 saturated heterocycles. The van der Waals surface area contributed by atoms with Gasteiger partial charge in [-0.2, -0.15) is 5.10 Å². The highest BCUT2D eigenvalue weighted by Gasteiger charge is 2.06. The first-order valence-electron chi connectivity index (χ1n) is 8.29. The molecule has 0 aliphatic carbocycles. The average Bonchev–Trinajstić information content (AvgIpc) is 3.13. The standard InChI is InChI=1S/C18H26N6/c1-4-6-7-11-24(3)18(19-5-2)20-13-15-9-8-10-16(12-15)17-21-14-22-23-17/h4,8-10,12,14H,1,5-7,11,13H2,2-3H3,(H,19,20)(H,21,22,23). The van der Waals surface area contributed by atoms with Crippen LogP contribution in [-0.4, -0.2) is 46.2 Å². The van der Waals surface area contributed by atoms with Crippen LogP contribution in [0, 0.1) is 0 Å². The predicted molar refractivity (Wildman–Crippen MR) is 98.7 cm³/mol. The molecule has 1 heterocycles. The molecule has 6 nitrogen and oxygen atoms in total. The maximum Gasteiger partial charge on any atom is 0.193 e. The van der Waals surface area contributed by atoms with Gasteiger partial charge in [-0.1, -0.05) is 24.3 Å². The van der Waals surface area contributed by atoms with E-state index in [1.54, 1.807) is 0 Å². The molecule has 0 atom stereocenters. The Morgan fingerprint density at radius 2 is 2.33 bits per heavy atom. The van der Waals surface area contributed by atoms with Gasteiger partial charge in [-0.3, -0.25) is 5.10 Å². The first-order valence-corrected chi connectivity index (χ1v) is 8.29. The van der Waals surface area contributed by atoms with Crippen molar-refractivity contribution in [1.82, 2.24) is 25.4 Å². The summed E-state index contributed by atoms with van der Waals surface area (Å²) >= 11 is 0. The zero-order valence-corrected chi connectivity index (χ0v) is 14.5. The van der Waals surface area contributed by atoms with Crippen LogP contribution in [0.2, 0.25) is 0 Å². The van der Waals surface area contributed by atoms with Gasteiger partial charge in [-0.05, 0) is 31.4 Å². The smallest absolute Gasteiger partial charge is 0.193 e. The van der Waals surface area contributed by atoms with Crippen molar-refractivity contribution in [2.45, 2.75) is 26.3 Å². The lowest BCUT2D eigenvalue weighted by atomic mass is 10.1. The zero-order valence-electron chi connectivity index (χ0n) is 14.5. The maximum atomic E-state index is 4.74. The van der Waals surface area contributed by atoms with E-state index in [0.717, 1.165) is 48.8 Å². The highest BCUT2D eigenvalue weighted by atomic mass is 15.3. The molecule has 0 aliphatic heterocycles. The van der Waals surface area contributed by atoms with E-state index in [4.69, 9.17) is 4.99 Å². The number of nitrogens with zero attached hydrogens (tertiary/aromatic N) is 4. The maximum absolute atomic E-state index is 4.74. The molecule has 2 aromatic rings. The molecule has 0 spiro atoms. The first kappa shape index (κ1) is 17.7. The molecular weight excluding hydrogens is 300 g/mol. The lowest BCUT2D eigenvalue weighted by Gasteiger charge is -2.21. The summed E-state index contributed by atoms with van der Waals surface area (Å²) in [5, 5.41) is 10.1. The minimum atomic E-state index is 0.621. The van der Waals surface area contributed by atoms with Gasteiger partial charge in [0.25, 0.3) is 0 Å². The Balaban J connectivity index is 2.05. The van der Waals surface area contributed by atoms with E-state index in [-0.39, 0.29) is 0 Å². The molecule has 24 heavy (non-hydrogen) atoms. The van der Waals surface area contributed by atoms with Crippen LogP contribution in [0.4, 0.5) is 0 Å². The zero-order chi connectivity index (χ0) is 17.2. The predicted octanol–water partition coefficient (Wildman–Crippen LogP) is 2.84. The van der Waals surface area contributed by atoms with Gasteiger partial charge in [0.05, 0.1) is 6.54 Å². The van der Waals surface area contributed by atoms with Crippen LogP contribution in [0.15, 0.2) is 48.2 Å². The molecule has 1 aromatic heterocycles. The largest absolute Gasteiger partial charge is 0.357 e. The van der Waals surface area contributed by atoms with Crippen LogP contribution in [0.1, 0.15) is 25.3 Å². The molecule has 0 unspecified atom stereocenters. The topological polar surface area (TPSA) is 69.2 Å². The van der Waals surface area contributed by atoms with E-state index in [1.165, 1.54) is 6.33 Å². The molecule has 128 valence electrons. The molecule has 0 bridgehead atoms. The van der Waals surface area contributed by atoms with Crippen LogP contribution < -0.4 is 5.32 Å². The summed E-state index contributed by atoms with van der Waals surface area (Å²) in [6.07, 6.45) is 5.56. The highest BCUT2D eigenvalue weighted by Crippen LogP contribution is 2.16. The molecule has 0 radical (unpaired) electrons. The summed E-state index contributed by atoms with van der Waals surface area (Å²) < 4.78 is 0. The number of aromatic nitrogens is 3. The quantitative estimate of drug-likeness (QED) is 0.339. The molecule has 2 N–H and O–H groups in total. The Kier molecular flexibility index (Phi) is 7.01.